The van der Waals surface area contributed by atoms with Gasteiger partial charge in [-0.1, -0.05) is 34.1 Å². The zero-order valence-electron chi connectivity index (χ0n) is 13.7. The van der Waals surface area contributed by atoms with Gasteiger partial charge in [-0.15, -0.1) is 0 Å². The Labute approximate surface area is 145 Å². The van der Waals surface area contributed by atoms with Crippen LogP contribution in [0.5, 0.6) is 0 Å². The number of imidazole rings is 1. The van der Waals surface area contributed by atoms with E-state index in [0.717, 1.165) is 15.9 Å². The van der Waals surface area contributed by atoms with E-state index in [-0.39, 0.29) is 18.6 Å². The van der Waals surface area contributed by atoms with Gasteiger partial charge in [0.05, 0.1) is 0 Å². The zero-order valence-corrected chi connectivity index (χ0v) is 15.3. The molecule has 0 spiro atoms. The van der Waals surface area contributed by atoms with Crippen molar-refractivity contribution in [1.29, 1.82) is 0 Å². The summed E-state index contributed by atoms with van der Waals surface area (Å²) in [6.45, 7) is 5.32. The maximum atomic E-state index is 12.5. The summed E-state index contributed by atoms with van der Waals surface area (Å²) in [7, 11) is 1.81. The van der Waals surface area contributed by atoms with E-state index in [1.807, 2.05) is 55.9 Å². The molecule has 0 saturated heterocycles. The molecular weight excluding hydrogens is 358 g/mol. The summed E-state index contributed by atoms with van der Waals surface area (Å²) in [5, 5.41) is 0. The van der Waals surface area contributed by atoms with Gasteiger partial charge in [0.25, 0.3) is 0 Å². The molecule has 0 unspecified atom stereocenters. The highest BCUT2D eigenvalue weighted by Gasteiger charge is 2.16. The highest BCUT2D eigenvalue weighted by molar-refractivity contribution is 9.10. The smallest absolute Gasteiger partial charge is 0.242 e. The lowest BCUT2D eigenvalue weighted by Gasteiger charge is -2.20. The van der Waals surface area contributed by atoms with E-state index in [2.05, 4.69) is 20.9 Å². The first-order chi connectivity index (χ1) is 11.0. The van der Waals surface area contributed by atoms with E-state index < -0.39 is 0 Å². The number of nitrogens with zero attached hydrogens (tertiary/aromatic N) is 3. The van der Waals surface area contributed by atoms with Gasteiger partial charge >= 0.3 is 0 Å². The van der Waals surface area contributed by atoms with Crippen molar-refractivity contribution < 1.29 is 9.53 Å². The number of benzene rings is 1. The van der Waals surface area contributed by atoms with Crippen molar-refractivity contribution in [2.24, 2.45) is 0 Å². The molecule has 0 aliphatic carbocycles. The summed E-state index contributed by atoms with van der Waals surface area (Å²) in [5.41, 5.74) is 1.08. The quantitative estimate of drug-likeness (QED) is 0.740. The summed E-state index contributed by atoms with van der Waals surface area (Å²) in [4.78, 5) is 18.5. The topological polar surface area (TPSA) is 47.4 Å². The third-order valence-corrected chi connectivity index (χ3v) is 4.40. The van der Waals surface area contributed by atoms with E-state index in [4.69, 9.17) is 4.74 Å². The lowest BCUT2D eigenvalue weighted by Crippen LogP contribution is -2.30. The monoisotopic (exact) mass is 379 g/mol. The highest BCUT2D eigenvalue weighted by Crippen LogP contribution is 2.18. The largest absolute Gasteiger partial charge is 0.371 e. The first kappa shape index (κ1) is 17.7. The Morgan fingerprint density at radius 1 is 1.43 bits per heavy atom. The van der Waals surface area contributed by atoms with Gasteiger partial charge < -0.3 is 14.2 Å². The van der Waals surface area contributed by atoms with E-state index in [1.165, 1.54) is 0 Å². The molecule has 0 fully saturated rings. The van der Waals surface area contributed by atoms with Crippen molar-refractivity contribution in [3.8, 4) is 0 Å². The molecule has 0 saturated carbocycles. The van der Waals surface area contributed by atoms with Gasteiger partial charge in [0, 0.05) is 37.1 Å². The number of carbonyl (C=O) groups is 1. The number of hydrogen-bond donors (Lipinski definition) is 0. The van der Waals surface area contributed by atoms with Gasteiger partial charge in [-0.2, -0.15) is 0 Å². The number of hydrogen-bond acceptors (Lipinski definition) is 3. The molecule has 1 aromatic carbocycles. The summed E-state index contributed by atoms with van der Waals surface area (Å²) < 4.78 is 8.42. The first-order valence-corrected chi connectivity index (χ1v) is 8.42. The molecule has 0 bridgehead atoms. The number of likely N-dealkylation sites (N-methyl/N-ethyl adjacent to an activating group) is 1. The number of amides is 1. The van der Waals surface area contributed by atoms with Crippen molar-refractivity contribution in [1.82, 2.24) is 14.5 Å². The van der Waals surface area contributed by atoms with Gasteiger partial charge in [-0.25, -0.2) is 4.98 Å². The van der Waals surface area contributed by atoms with Crippen LogP contribution in [0.3, 0.4) is 0 Å². The van der Waals surface area contributed by atoms with Crippen molar-refractivity contribution in [2.45, 2.75) is 33.0 Å². The molecule has 0 aliphatic heterocycles. The fourth-order valence-corrected chi connectivity index (χ4v) is 2.78. The molecule has 1 atom stereocenters. The van der Waals surface area contributed by atoms with Crippen LogP contribution in [0.15, 0.2) is 41.1 Å². The SMILES string of the molecule is CCO[C@@H](C)c1nccn1CC(=O)N(C)Cc1ccccc1Br. The second-order valence-corrected chi connectivity index (χ2v) is 6.21. The second kappa shape index (κ2) is 8.26. The summed E-state index contributed by atoms with van der Waals surface area (Å²) >= 11 is 3.51. The Morgan fingerprint density at radius 3 is 2.87 bits per heavy atom. The molecule has 0 aliphatic rings. The molecule has 0 N–H and O–H groups in total. The molecular formula is C17H22BrN3O2. The minimum atomic E-state index is -0.128. The summed E-state index contributed by atoms with van der Waals surface area (Å²) in [5.74, 6) is 0.804. The van der Waals surface area contributed by atoms with Gasteiger partial charge in [0.2, 0.25) is 5.91 Å². The molecule has 5 nitrogen and oxygen atoms in total. The lowest BCUT2D eigenvalue weighted by atomic mass is 10.2. The summed E-state index contributed by atoms with van der Waals surface area (Å²) in [6.07, 6.45) is 3.39. The van der Waals surface area contributed by atoms with Crippen molar-refractivity contribution in [2.75, 3.05) is 13.7 Å². The fraction of sp³-hybridized carbons (Fsp3) is 0.412. The number of ether oxygens (including phenoxy) is 1. The van der Waals surface area contributed by atoms with Crippen molar-refractivity contribution in [3.05, 3.63) is 52.5 Å². The van der Waals surface area contributed by atoms with Crippen LogP contribution in [0.1, 0.15) is 31.3 Å². The molecule has 0 radical (unpaired) electrons. The minimum Gasteiger partial charge on any atom is -0.371 e. The molecule has 2 rings (SSSR count). The number of halogens is 1. The third-order valence-electron chi connectivity index (χ3n) is 3.62. The Morgan fingerprint density at radius 2 is 2.17 bits per heavy atom. The van der Waals surface area contributed by atoms with E-state index >= 15 is 0 Å². The van der Waals surface area contributed by atoms with E-state index in [0.29, 0.717) is 13.2 Å². The Bertz CT molecular complexity index is 657. The molecule has 1 amide bonds. The van der Waals surface area contributed by atoms with Gasteiger partial charge in [-0.05, 0) is 25.5 Å². The average Bonchev–Trinajstić information content (AvgIpc) is 2.98. The zero-order chi connectivity index (χ0) is 16.8. The minimum absolute atomic E-state index is 0.0312. The molecule has 1 aromatic heterocycles. The van der Waals surface area contributed by atoms with E-state index in [9.17, 15) is 4.79 Å². The second-order valence-electron chi connectivity index (χ2n) is 5.35. The normalized spacial score (nSPS) is 12.2. The number of carbonyl (C=O) groups excluding carboxylic acids is 1. The fourth-order valence-electron chi connectivity index (χ4n) is 2.37. The predicted molar refractivity (Wildman–Crippen MR) is 92.9 cm³/mol. The van der Waals surface area contributed by atoms with Gasteiger partial charge in [0.1, 0.15) is 18.5 Å². The Kier molecular flexibility index (Phi) is 6.36. The molecule has 1 heterocycles. The maximum absolute atomic E-state index is 12.5. The van der Waals surface area contributed by atoms with E-state index in [1.54, 1.807) is 11.1 Å². The van der Waals surface area contributed by atoms with Gasteiger partial charge in [0.15, 0.2) is 0 Å². The lowest BCUT2D eigenvalue weighted by molar-refractivity contribution is -0.131. The van der Waals surface area contributed by atoms with Crippen LogP contribution in [0.4, 0.5) is 0 Å². The Balaban J connectivity index is 2.02. The molecule has 6 heteroatoms. The standard InChI is InChI=1S/C17H22BrN3O2/c1-4-23-13(2)17-19-9-10-21(17)12-16(22)20(3)11-14-7-5-6-8-15(14)18/h5-10,13H,4,11-12H2,1-3H3/t13-/m0/s1. The van der Waals surface area contributed by atoms with Crippen LogP contribution < -0.4 is 0 Å². The predicted octanol–water partition coefficient (Wildman–Crippen LogP) is 3.40. The van der Waals surface area contributed by atoms with Crippen LogP contribution in [-0.4, -0.2) is 34.0 Å². The van der Waals surface area contributed by atoms with Crippen LogP contribution in [0, 0.1) is 0 Å². The van der Waals surface area contributed by atoms with Crippen molar-refractivity contribution in [3.63, 3.8) is 0 Å². The van der Waals surface area contributed by atoms with Gasteiger partial charge in [-0.3, -0.25) is 4.79 Å². The molecule has 23 heavy (non-hydrogen) atoms. The van der Waals surface area contributed by atoms with Crippen LogP contribution >= 0.6 is 15.9 Å². The average molecular weight is 380 g/mol. The van der Waals surface area contributed by atoms with Crippen LogP contribution in [0.25, 0.3) is 0 Å². The Hall–Kier alpha value is -1.66. The van der Waals surface area contributed by atoms with Crippen LogP contribution in [0.2, 0.25) is 0 Å². The maximum Gasteiger partial charge on any atom is 0.242 e. The first-order valence-electron chi connectivity index (χ1n) is 7.63. The van der Waals surface area contributed by atoms with Crippen LogP contribution in [-0.2, 0) is 22.6 Å². The van der Waals surface area contributed by atoms with Crippen molar-refractivity contribution >= 4 is 21.8 Å². The molecule has 2 aromatic rings. The molecule has 124 valence electrons. The third kappa shape index (κ3) is 4.65. The number of aromatic nitrogens is 2. The summed E-state index contributed by atoms with van der Waals surface area (Å²) in [6, 6.07) is 7.91. The highest BCUT2D eigenvalue weighted by atomic mass is 79.9. The number of rotatable bonds is 7.